The van der Waals surface area contributed by atoms with E-state index in [1.165, 1.54) is 0 Å². The Hall–Kier alpha value is -2.55. The van der Waals surface area contributed by atoms with Crippen LogP contribution < -0.4 is 10.1 Å². The summed E-state index contributed by atoms with van der Waals surface area (Å²) in [5, 5.41) is 3.01. The van der Waals surface area contributed by atoms with Crippen LogP contribution in [-0.2, 0) is 4.79 Å². The summed E-state index contributed by atoms with van der Waals surface area (Å²) in [6, 6.07) is 13.8. The van der Waals surface area contributed by atoms with E-state index in [1.807, 2.05) is 50.2 Å². The second kappa shape index (κ2) is 8.34. The molecule has 0 saturated heterocycles. The summed E-state index contributed by atoms with van der Waals surface area (Å²) in [4.78, 5) is 12.3. The molecule has 0 aromatic heterocycles. The molecule has 3 heteroatoms. The fourth-order valence-electron chi connectivity index (χ4n) is 2.52. The molecule has 0 aliphatic heterocycles. The summed E-state index contributed by atoms with van der Waals surface area (Å²) < 4.78 is 5.41. The summed E-state index contributed by atoms with van der Waals surface area (Å²) >= 11 is 0. The highest BCUT2D eigenvalue weighted by atomic mass is 16.5. The number of anilines is 1. The highest BCUT2D eigenvalue weighted by molar-refractivity contribution is 6.02. The van der Waals surface area contributed by atoms with E-state index < -0.39 is 0 Å². The van der Waals surface area contributed by atoms with E-state index in [1.54, 1.807) is 12.2 Å². The maximum absolute atomic E-state index is 12.3. The molecule has 2 aromatic carbocycles. The molecule has 2 rings (SSSR count). The van der Waals surface area contributed by atoms with Crippen LogP contribution in [0.15, 0.2) is 48.5 Å². The maximum Gasteiger partial charge on any atom is 0.248 e. The molecule has 0 radical (unpaired) electrons. The zero-order valence-corrected chi connectivity index (χ0v) is 14.8. The molecule has 0 bridgehead atoms. The smallest absolute Gasteiger partial charge is 0.248 e. The van der Waals surface area contributed by atoms with Gasteiger partial charge in [0, 0.05) is 11.8 Å². The van der Waals surface area contributed by atoms with Gasteiger partial charge in [0.2, 0.25) is 5.91 Å². The van der Waals surface area contributed by atoms with Gasteiger partial charge in [-0.1, -0.05) is 44.2 Å². The zero-order chi connectivity index (χ0) is 17.5. The third kappa shape index (κ3) is 4.72. The van der Waals surface area contributed by atoms with Gasteiger partial charge in [-0.15, -0.1) is 0 Å². The Morgan fingerprint density at radius 2 is 1.88 bits per heavy atom. The summed E-state index contributed by atoms with van der Waals surface area (Å²) in [6.45, 7) is 8.86. The lowest BCUT2D eigenvalue weighted by Crippen LogP contribution is -2.11. The molecular formula is C21H25NO2. The Morgan fingerprint density at radius 1 is 1.17 bits per heavy atom. The SMILES string of the molecule is CCOc1ccc(C=CC(=O)Nc2c(C)cccc2C(C)C)cc1. The van der Waals surface area contributed by atoms with Crippen molar-refractivity contribution in [2.45, 2.75) is 33.6 Å². The molecule has 3 nitrogen and oxygen atoms in total. The van der Waals surface area contributed by atoms with Crippen molar-refractivity contribution < 1.29 is 9.53 Å². The molecule has 126 valence electrons. The van der Waals surface area contributed by atoms with E-state index in [0.29, 0.717) is 12.5 Å². The number of benzene rings is 2. The molecule has 1 N–H and O–H groups in total. The summed E-state index contributed by atoms with van der Waals surface area (Å²) in [5.41, 5.74) is 4.10. The lowest BCUT2D eigenvalue weighted by molar-refractivity contribution is -0.111. The summed E-state index contributed by atoms with van der Waals surface area (Å²) in [6.07, 6.45) is 3.37. The number of carbonyl (C=O) groups excluding carboxylic acids is 1. The molecular weight excluding hydrogens is 298 g/mol. The lowest BCUT2D eigenvalue weighted by atomic mass is 9.98. The molecule has 0 atom stereocenters. The predicted molar refractivity (Wildman–Crippen MR) is 101 cm³/mol. The Morgan fingerprint density at radius 3 is 2.50 bits per heavy atom. The highest BCUT2D eigenvalue weighted by Gasteiger charge is 2.10. The lowest BCUT2D eigenvalue weighted by Gasteiger charge is -2.15. The van der Waals surface area contributed by atoms with Crippen LogP contribution in [0, 0.1) is 6.92 Å². The van der Waals surface area contributed by atoms with Crippen molar-refractivity contribution in [1.29, 1.82) is 0 Å². The van der Waals surface area contributed by atoms with Crippen LogP contribution in [0.5, 0.6) is 5.75 Å². The van der Waals surface area contributed by atoms with Gasteiger partial charge in [0.25, 0.3) is 0 Å². The van der Waals surface area contributed by atoms with Crippen LogP contribution in [0.2, 0.25) is 0 Å². The first-order chi connectivity index (χ1) is 11.5. The first-order valence-electron chi connectivity index (χ1n) is 8.32. The van der Waals surface area contributed by atoms with Crippen molar-refractivity contribution in [2.24, 2.45) is 0 Å². The van der Waals surface area contributed by atoms with Crippen molar-refractivity contribution >= 4 is 17.7 Å². The Labute approximate surface area is 144 Å². The average Bonchev–Trinajstić information content (AvgIpc) is 2.56. The van der Waals surface area contributed by atoms with Crippen molar-refractivity contribution in [1.82, 2.24) is 0 Å². The van der Waals surface area contributed by atoms with Gasteiger partial charge >= 0.3 is 0 Å². The standard InChI is InChI=1S/C21H25NO2/c1-5-24-18-12-9-17(10-13-18)11-14-20(23)22-21-16(4)7-6-8-19(21)15(2)3/h6-15H,5H2,1-4H3,(H,22,23). The van der Waals surface area contributed by atoms with Crippen molar-refractivity contribution in [3.05, 3.63) is 65.2 Å². The van der Waals surface area contributed by atoms with Crippen LogP contribution in [-0.4, -0.2) is 12.5 Å². The molecule has 0 unspecified atom stereocenters. The van der Waals surface area contributed by atoms with E-state index in [9.17, 15) is 4.79 Å². The molecule has 0 saturated carbocycles. The van der Waals surface area contributed by atoms with Gasteiger partial charge in [-0.3, -0.25) is 4.79 Å². The van der Waals surface area contributed by atoms with Gasteiger partial charge in [0.05, 0.1) is 6.61 Å². The van der Waals surface area contributed by atoms with Crippen LogP contribution >= 0.6 is 0 Å². The number of aryl methyl sites for hydroxylation is 1. The molecule has 0 heterocycles. The third-order valence-corrected chi connectivity index (χ3v) is 3.79. The largest absolute Gasteiger partial charge is 0.494 e. The van der Waals surface area contributed by atoms with Gasteiger partial charge in [-0.25, -0.2) is 0 Å². The maximum atomic E-state index is 12.3. The van der Waals surface area contributed by atoms with Crippen molar-refractivity contribution in [2.75, 3.05) is 11.9 Å². The van der Waals surface area contributed by atoms with Crippen molar-refractivity contribution in [3.63, 3.8) is 0 Å². The first-order valence-corrected chi connectivity index (χ1v) is 8.32. The first kappa shape index (κ1) is 17.8. The van der Waals surface area contributed by atoms with Gasteiger partial charge in [-0.2, -0.15) is 0 Å². The van der Waals surface area contributed by atoms with E-state index in [0.717, 1.165) is 28.1 Å². The number of rotatable bonds is 6. The molecule has 0 aliphatic rings. The van der Waals surface area contributed by atoms with Gasteiger partial charge < -0.3 is 10.1 Å². The fourth-order valence-corrected chi connectivity index (χ4v) is 2.52. The normalized spacial score (nSPS) is 11.0. The van der Waals surface area contributed by atoms with Crippen LogP contribution in [0.25, 0.3) is 6.08 Å². The number of hydrogen-bond donors (Lipinski definition) is 1. The number of para-hydroxylation sites is 1. The minimum atomic E-state index is -0.125. The van der Waals surface area contributed by atoms with Gasteiger partial charge in [0.1, 0.15) is 5.75 Å². The molecule has 0 spiro atoms. The molecule has 1 amide bonds. The zero-order valence-electron chi connectivity index (χ0n) is 14.8. The van der Waals surface area contributed by atoms with Crippen LogP contribution in [0.1, 0.15) is 43.4 Å². The molecule has 2 aromatic rings. The van der Waals surface area contributed by atoms with Gasteiger partial charge in [0.15, 0.2) is 0 Å². The van der Waals surface area contributed by atoms with E-state index >= 15 is 0 Å². The second-order valence-corrected chi connectivity index (χ2v) is 6.02. The highest BCUT2D eigenvalue weighted by Crippen LogP contribution is 2.27. The average molecular weight is 323 g/mol. The Balaban J connectivity index is 2.08. The van der Waals surface area contributed by atoms with E-state index in [2.05, 4.69) is 25.2 Å². The van der Waals surface area contributed by atoms with Crippen molar-refractivity contribution in [3.8, 4) is 5.75 Å². The van der Waals surface area contributed by atoms with Crippen LogP contribution in [0.3, 0.4) is 0 Å². The van der Waals surface area contributed by atoms with E-state index in [4.69, 9.17) is 4.74 Å². The monoisotopic (exact) mass is 323 g/mol. The Kier molecular flexibility index (Phi) is 6.19. The number of carbonyl (C=O) groups is 1. The summed E-state index contributed by atoms with van der Waals surface area (Å²) in [7, 11) is 0. The molecule has 24 heavy (non-hydrogen) atoms. The van der Waals surface area contributed by atoms with Gasteiger partial charge in [-0.05, 0) is 54.7 Å². The number of amides is 1. The third-order valence-electron chi connectivity index (χ3n) is 3.79. The van der Waals surface area contributed by atoms with E-state index in [-0.39, 0.29) is 5.91 Å². The quantitative estimate of drug-likeness (QED) is 0.745. The topological polar surface area (TPSA) is 38.3 Å². The Bertz CT molecular complexity index is 715. The summed E-state index contributed by atoms with van der Waals surface area (Å²) in [5.74, 6) is 1.07. The number of ether oxygens (including phenoxy) is 1. The molecule has 0 fully saturated rings. The minimum Gasteiger partial charge on any atom is -0.494 e. The second-order valence-electron chi connectivity index (χ2n) is 6.02. The predicted octanol–water partition coefficient (Wildman–Crippen LogP) is 5.17. The fraction of sp³-hybridized carbons (Fsp3) is 0.286. The number of hydrogen-bond acceptors (Lipinski definition) is 2. The molecule has 0 aliphatic carbocycles. The minimum absolute atomic E-state index is 0.125. The van der Waals surface area contributed by atoms with Crippen LogP contribution in [0.4, 0.5) is 5.69 Å². The number of nitrogens with one attached hydrogen (secondary N) is 1.